The minimum atomic E-state index is -3.57. The molecular weight excluding hydrogens is 557 g/mol. The van der Waals surface area contributed by atoms with Crippen molar-refractivity contribution in [3.8, 4) is 0 Å². The molecule has 1 N–H and O–H groups in total. The minimum Gasteiger partial charge on any atom is -0.352 e. The van der Waals surface area contributed by atoms with E-state index in [0.29, 0.717) is 27.7 Å². The number of benzene rings is 2. The minimum absolute atomic E-state index is 0.0616. The highest BCUT2D eigenvalue weighted by Crippen LogP contribution is 2.28. The van der Waals surface area contributed by atoms with Crippen LogP contribution in [0.1, 0.15) is 68.6 Å². The molecule has 0 heterocycles. The van der Waals surface area contributed by atoms with Gasteiger partial charge in [0.15, 0.2) is 0 Å². The highest BCUT2D eigenvalue weighted by atomic mass is 35.5. The lowest BCUT2D eigenvalue weighted by Gasteiger charge is -2.32. The normalized spacial score (nSPS) is 14.7. The van der Waals surface area contributed by atoms with Gasteiger partial charge in [0.2, 0.25) is 21.8 Å². The van der Waals surface area contributed by atoms with Crippen LogP contribution in [-0.4, -0.2) is 50.0 Å². The monoisotopic (exact) mass is 595 g/mol. The molecule has 0 spiro atoms. The fourth-order valence-corrected chi connectivity index (χ4v) is 6.71. The predicted octanol–water partition coefficient (Wildman–Crippen LogP) is 6.02. The summed E-state index contributed by atoms with van der Waals surface area (Å²) in [7, 11) is -3.57. The summed E-state index contributed by atoms with van der Waals surface area (Å²) in [6, 6.07) is 10.2. The van der Waals surface area contributed by atoms with E-state index in [0.717, 1.165) is 36.8 Å². The van der Waals surface area contributed by atoms with Gasteiger partial charge in [-0.1, -0.05) is 55.1 Å². The summed E-state index contributed by atoms with van der Waals surface area (Å²) in [6.45, 7) is 5.93. The Balaban J connectivity index is 1.81. The van der Waals surface area contributed by atoms with Gasteiger partial charge in [-0.05, 0) is 74.9 Å². The average molecular weight is 597 g/mol. The van der Waals surface area contributed by atoms with Crippen LogP contribution < -0.4 is 9.62 Å². The first-order chi connectivity index (χ1) is 18.4. The molecule has 1 atom stereocenters. The first-order valence-corrected chi connectivity index (χ1v) is 16.1. The van der Waals surface area contributed by atoms with E-state index in [-0.39, 0.29) is 43.8 Å². The maximum absolute atomic E-state index is 13.7. The number of anilines is 1. The molecule has 1 aliphatic rings. The maximum atomic E-state index is 13.7. The Kier molecular flexibility index (Phi) is 11.1. The summed E-state index contributed by atoms with van der Waals surface area (Å²) in [5.41, 5.74) is 3.06. The molecule has 2 amide bonds. The number of carbonyl (C=O) groups is 2. The van der Waals surface area contributed by atoms with Crippen LogP contribution in [0.2, 0.25) is 10.0 Å². The number of hydrogen-bond donors (Lipinski definition) is 1. The highest BCUT2D eigenvalue weighted by Gasteiger charge is 2.31. The van der Waals surface area contributed by atoms with Crippen molar-refractivity contribution in [2.75, 3.05) is 17.1 Å². The number of aryl methyl sites for hydroxylation is 2. The second kappa shape index (κ2) is 13.9. The van der Waals surface area contributed by atoms with Crippen LogP contribution in [-0.2, 0) is 26.2 Å². The third-order valence-electron chi connectivity index (χ3n) is 7.12. The lowest BCUT2D eigenvalue weighted by Crippen LogP contribution is -2.51. The van der Waals surface area contributed by atoms with E-state index in [2.05, 4.69) is 5.32 Å². The van der Waals surface area contributed by atoms with Crippen LogP contribution >= 0.6 is 23.2 Å². The van der Waals surface area contributed by atoms with E-state index >= 15 is 0 Å². The van der Waals surface area contributed by atoms with Crippen molar-refractivity contribution in [2.24, 2.45) is 0 Å². The molecule has 2 aromatic carbocycles. The molecule has 1 saturated carbocycles. The van der Waals surface area contributed by atoms with E-state index in [1.165, 1.54) is 10.6 Å². The fourth-order valence-electron chi connectivity index (χ4n) is 5.24. The summed E-state index contributed by atoms with van der Waals surface area (Å²) >= 11 is 12.9. The van der Waals surface area contributed by atoms with Crippen molar-refractivity contribution in [3.63, 3.8) is 0 Å². The Morgan fingerprint density at radius 2 is 1.64 bits per heavy atom. The molecular formula is C29H39Cl2N3O4S. The number of nitrogens with zero attached hydrogens (tertiary/aromatic N) is 2. The second-order valence-electron chi connectivity index (χ2n) is 10.4. The number of halogens is 2. The van der Waals surface area contributed by atoms with Crippen molar-refractivity contribution in [1.29, 1.82) is 0 Å². The zero-order valence-electron chi connectivity index (χ0n) is 23.2. The van der Waals surface area contributed by atoms with Crippen molar-refractivity contribution in [3.05, 3.63) is 63.1 Å². The molecule has 0 unspecified atom stereocenters. The number of amides is 2. The molecule has 39 heavy (non-hydrogen) atoms. The first-order valence-electron chi connectivity index (χ1n) is 13.5. The van der Waals surface area contributed by atoms with E-state index in [9.17, 15) is 18.0 Å². The number of sulfonamides is 1. The molecule has 10 heteroatoms. The van der Waals surface area contributed by atoms with Gasteiger partial charge in [-0.3, -0.25) is 13.9 Å². The van der Waals surface area contributed by atoms with Gasteiger partial charge in [-0.2, -0.15) is 0 Å². The smallest absolute Gasteiger partial charge is 0.243 e. The highest BCUT2D eigenvalue weighted by molar-refractivity contribution is 7.92. The van der Waals surface area contributed by atoms with Crippen LogP contribution in [0.15, 0.2) is 36.4 Å². The molecule has 2 aromatic rings. The largest absolute Gasteiger partial charge is 0.352 e. The van der Waals surface area contributed by atoms with E-state index in [4.69, 9.17) is 23.2 Å². The molecule has 1 fully saturated rings. The number of hydrogen-bond acceptors (Lipinski definition) is 4. The van der Waals surface area contributed by atoms with Crippen LogP contribution in [0.25, 0.3) is 0 Å². The molecule has 0 saturated heterocycles. The maximum Gasteiger partial charge on any atom is 0.243 e. The van der Waals surface area contributed by atoms with Gasteiger partial charge in [0, 0.05) is 41.2 Å². The third kappa shape index (κ3) is 8.60. The van der Waals surface area contributed by atoms with Crippen molar-refractivity contribution in [2.45, 2.75) is 84.3 Å². The Hall–Kier alpha value is -2.29. The molecule has 0 radical (unpaired) electrons. The van der Waals surface area contributed by atoms with E-state index < -0.39 is 16.1 Å². The van der Waals surface area contributed by atoms with E-state index in [1.807, 2.05) is 39.0 Å². The Morgan fingerprint density at radius 3 is 2.18 bits per heavy atom. The van der Waals surface area contributed by atoms with Gasteiger partial charge in [0.25, 0.3) is 0 Å². The zero-order chi connectivity index (χ0) is 28.7. The molecule has 214 valence electrons. The molecule has 3 rings (SSSR count). The van der Waals surface area contributed by atoms with Crippen LogP contribution in [0.4, 0.5) is 5.69 Å². The van der Waals surface area contributed by atoms with Gasteiger partial charge in [0.05, 0.1) is 11.9 Å². The summed E-state index contributed by atoms with van der Waals surface area (Å²) in [5, 5.41) is 3.96. The quantitative estimate of drug-likeness (QED) is 0.325. The standard InChI is InChI=1S/C29H39Cl2N3O4S/c1-5-27(29(36)32-22-10-6-7-11-22)33(19-24-25(30)12-8-13-26(24)31)28(35)14-9-15-34(39(4,37)38)23-17-20(2)16-21(3)18-23/h8,12-13,16-18,22,27H,5-7,9-11,14-15,19H2,1-4H3,(H,32,36)/t27-/m0/s1. The molecule has 1 aliphatic carbocycles. The topological polar surface area (TPSA) is 86.8 Å². The van der Waals surface area contributed by atoms with Gasteiger partial charge >= 0.3 is 0 Å². The fraction of sp³-hybridized carbons (Fsp3) is 0.517. The lowest BCUT2D eigenvalue weighted by molar-refractivity contribution is -0.141. The number of nitrogens with one attached hydrogen (secondary N) is 1. The number of rotatable bonds is 12. The van der Waals surface area contributed by atoms with Crippen molar-refractivity contribution >= 4 is 50.7 Å². The van der Waals surface area contributed by atoms with Crippen molar-refractivity contribution < 1.29 is 18.0 Å². The van der Waals surface area contributed by atoms with E-state index in [1.54, 1.807) is 23.1 Å². The molecule has 0 aliphatic heterocycles. The second-order valence-corrected chi connectivity index (χ2v) is 13.1. The Labute approximate surface area is 242 Å². The molecule has 0 aromatic heterocycles. The van der Waals surface area contributed by atoms with Crippen LogP contribution in [0.3, 0.4) is 0 Å². The van der Waals surface area contributed by atoms with Gasteiger partial charge in [-0.25, -0.2) is 8.42 Å². The van der Waals surface area contributed by atoms with Crippen LogP contribution in [0.5, 0.6) is 0 Å². The molecule has 7 nitrogen and oxygen atoms in total. The van der Waals surface area contributed by atoms with Crippen molar-refractivity contribution in [1.82, 2.24) is 10.2 Å². The zero-order valence-corrected chi connectivity index (χ0v) is 25.5. The predicted molar refractivity (Wildman–Crippen MR) is 159 cm³/mol. The molecule has 0 bridgehead atoms. The lowest BCUT2D eigenvalue weighted by atomic mass is 10.1. The summed E-state index contributed by atoms with van der Waals surface area (Å²) in [4.78, 5) is 28.6. The average Bonchev–Trinajstić information content (AvgIpc) is 3.35. The van der Waals surface area contributed by atoms with Gasteiger partial charge in [0.1, 0.15) is 6.04 Å². The Morgan fingerprint density at radius 1 is 1.05 bits per heavy atom. The summed E-state index contributed by atoms with van der Waals surface area (Å²) in [5.74, 6) is -0.442. The number of carbonyl (C=O) groups excluding carboxylic acids is 2. The summed E-state index contributed by atoms with van der Waals surface area (Å²) < 4.78 is 26.6. The Bertz CT molecular complexity index is 1240. The SMILES string of the molecule is CC[C@@H](C(=O)NC1CCCC1)N(Cc1c(Cl)cccc1Cl)C(=O)CCCN(c1cc(C)cc(C)c1)S(C)(=O)=O. The van der Waals surface area contributed by atoms with Gasteiger partial charge in [-0.15, -0.1) is 0 Å². The van der Waals surface area contributed by atoms with Crippen LogP contribution in [0, 0.1) is 13.8 Å². The first kappa shape index (κ1) is 31.2. The van der Waals surface area contributed by atoms with Gasteiger partial charge < -0.3 is 10.2 Å². The summed E-state index contributed by atoms with van der Waals surface area (Å²) in [6.07, 6.45) is 5.97. The third-order valence-corrected chi connectivity index (χ3v) is 9.03.